The molecule has 168 valence electrons. The first-order chi connectivity index (χ1) is 15.3. The summed E-state index contributed by atoms with van der Waals surface area (Å²) in [6.07, 6.45) is 4.09. The lowest BCUT2D eigenvalue weighted by Crippen LogP contribution is -2.41. The van der Waals surface area contributed by atoms with E-state index in [-0.39, 0.29) is 29.8 Å². The second kappa shape index (κ2) is 9.40. The van der Waals surface area contributed by atoms with Crippen molar-refractivity contribution in [3.63, 3.8) is 0 Å². The van der Waals surface area contributed by atoms with E-state index in [1.807, 2.05) is 0 Å². The van der Waals surface area contributed by atoms with Gasteiger partial charge >= 0.3 is 0 Å². The normalized spacial score (nSPS) is 15.6. The van der Waals surface area contributed by atoms with Gasteiger partial charge in [-0.1, -0.05) is 35.9 Å². The SMILES string of the molecule is O=C(Nc1cnn(Cc2ccc(F)cc2Cl)c1)C1CCN(S(=O)(=O)c2ccccc2)CC1. The minimum absolute atomic E-state index is 0.166. The van der Waals surface area contributed by atoms with Crippen molar-refractivity contribution in [1.82, 2.24) is 14.1 Å². The van der Waals surface area contributed by atoms with Gasteiger partial charge in [-0.25, -0.2) is 12.8 Å². The molecule has 2 heterocycles. The lowest BCUT2D eigenvalue weighted by Gasteiger charge is -2.30. The highest BCUT2D eigenvalue weighted by Gasteiger charge is 2.32. The van der Waals surface area contributed by atoms with Gasteiger partial charge in [-0.2, -0.15) is 9.40 Å². The van der Waals surface area contributed by atoms with Gasteiger partial charge in [0.05, 0.1) is 23.3 Å². The van der Waals surface area contributed by atoms with Gasteiger partial charge in [0.15, 0.2) is 0 Å². The molecule has 1 aliphatic heterocycles. The van der Waals surface area contributed by atoms with Crippen LogP contribution in [0.15, 0.2) is 65.8 Å². The standard InChI is InChI=1S/C22H22ClFN4O3S/c23-21-12-18(24)7-6-17(21)14-27-15-19(13-25-27)26-22(29)16-8-10-28(11-9-16)32(30,31)20-4-2-1-3-5-20/h1-7,12-13,15-16H,8-11,14H2,(H,26,29). The minimum atomic E-state index is -3.55. The average Bonchev–Trinajstić information content (AvgIpc) is 3.23. The fraction of sp³-hybridized carbons (Fsp3) is 0.273. The summed E-state index contributed by atoms with van der Waals surface area (Å²) >= 11 is 6.06. The third-order valence-electron chi connectivity index (χ3n) is 5.45. The minimum Gasteiger partial charge on any atom is -0.323 e. The molecule has 3 aromatic rings. The summed E-state index contributed by atoms with van der Waals surface area (Å²) in [6.45, 7) is 0.917. The van der Waals surface area contributed by atoms with Crippen LogP contribution < -0.4 is 5.32 Å². The number of carbonyl (C=O) groups is 1. The van der Waals surface area contributed by atoms with Gasteiger partial charge in [-0.3, -0.25) is 9.48 Å². The summed E-state index contributed by atoms with van der Waals surface area (Å²) in [7, 11) is -3.55. The second-order valence-corrected chi connectivity index (χ2v) is 9.99. The maximum atomic E-state index is 13.2. The summed E-state index contributed by atoms with van der Waals surface area (Å²) in [6, 6.07) is 12.5. The van der Waals surface area contributed by atoms with E-state index in [9.17, 15) is 17.6 Å². The number of benzene rings is 2. The molecule has 1 amide bonds. The van der Waals surface area contributed by atoms with Crippen molar-refractivity contribution >= 4 is 33.2 Å². The predicted octanol–water partition coefficient (Wildman–Crippen LogP) is 3.76. The number of piperidine rings is 1. The van der Waals surface area contributed by atoms with Crippen LogP contribution in [0.2, 0.25) is 5.02 Å². The monoisotopic (exact) mass is 476 g/mol. The van der Waals surface area contributed by atoms with Gasteiger partial charge in [-0.05, 0) is 42.7 Å². The van der Waals surface area contributed by atoms with Gasteiger partial charge in [0.1, 0.15) is 5.82 Å². The Hall–Kier alpha value is -2.75. The molecule has 1 aromatic heterocycles. The van der Waals surface area contributed by atoms with Crippen molar-refractivity contribution in [3.05, 3.63) is 77.3 Å². The van der Waals surface area contributed by atoms with Crippen LogP contribution in [0.1, 0.15) is 18.4 Å². The molecule has 4 rings (SSSR count). The van der Waals surface area contributed by atoms with Crippen molar-refractivity contribution in [2.45, 2.75) is 24.3 Å². The number of hydrogen-bond acceptors (Lipinski definition) is 4. The van der Waals surface area contributed by atoms with E-state index in [2.05, 4.69) is 10.4 Å². The number of anilines is 1. The molecular formula is C22H22ClFN4O3S. The number of hydrogen-bond donors (Lipinski definition) is 1. The predicted molar refractivity (Wildman–Crippen MR) is 119 cm³/mol. The summed E-state index contributed by atoms with van der Waals surface area (Å²) in [5.74, 6) is -0.858. The van der Waals surface area contributed by atoms with Crippen LogP contribution in [-0.4, -0.2) is 41.5 Å². The van der Waals surface area contributed by atoms with E-state index < -0.39 is 15.8 Å². The Labute approximate surface area is 190 Å². The first-order valence-corrected chi connectivity index (χ1v) is 12.0. The van der Waals surface area contributed by atoms with Crippen LogP contribution in [0, 0.1) is 11.7 Å². The molecule has 0 atom stereocenters. The Morgan fingerprint density at radius 3 is 2.56 bits per heavy atom. The molecule has 2 aromatic carbocycles. The lowest BCUT2D eigenvalue weighted by atomic mass is 9.97. The maximum Gasteiger partial charge on any atom is 0.243 e. The van der Waals surface area contributed by atoms with E-state index in [4.69, 9.17) is 11.6 Å². The van der Waals surface area contributed by atoms with Crippen molar-refractivity contribution in [1.29, 1.82) is 0 Å². The fourth-order valence-corrected chi connectivity index (χ4v) is 5.40. The number of nitrogens with zero attached hydrogens (tertiary/aromatic N) is 3. The number of aromatic nitrogens is 2. The Morgan fingerprint density at radius 2 is 1.88 bits per heavy atom. The van der Waals surface area contributed by atoms with E-state index in [0.717, 1.165) is 0 Å². The number of halogens is 2. The third kappa shape index (κ3) is 5.01. The molecule has 0 saturated carbocycles. The number of sulfonamides is 1. The Kier molecular flexibility index (Phi) is 6.59. The number of carbonyl (C=O) groups excluding carboxylic acids is 1. The summed E-state index contributed by atoms with van der Waals surface area (Å²) in [5.41, 5.74) is 1.24. The lowest BCUT2D eigenvalue weighted by molar-refractivity contribution is -0.120. The summed E-state index contributed by atoms with van der Waals surface area (Å²) in [5, 5.41) is 7.37. The average molecular weight is 477 g/mol. The Morgan fingerprint density at radius 1 is 1.16 bits per heavy atom. The van der Waals surface area contributed by atoms with Crippen LogP contribution in [0.5, 0.6) is 0 Å². The van der Waals surface area contributed by atoms with Crippen molar-refractivity contribution < 1.29 is 17.6 Å². The fourth-order valence-electron chi connectivity index (χ4n) is 3.68. The molecule has 32 heavy (non-hydrogen) atoms. The molecule has 7 nitrogen and oxygen atoms in total. The van der Waals surface area contributed by atoms with Gasteiger partial charge in [0, 0.05) is 30.2 Å². The smallest absolute Gasteiger partial charge is 0.243 e. The van der Waals surface area contributed by atoms with Crippen LogP contribution in [0.25, 0.3) is 0 Å². The zero-order valence-electron chi connectivity index (χ0n) is 17.1. The van der Waals surface area contributed by atoms with Gasteiger partial charge in [-0.15, -0.1) is 0 Å². The molecule has 1 fully saturated rings. The van der Waals surface area contributed by atoms with E-state index in [1.165, 1.54) is 22.6 Å². The Bertz CT molecular complexity index is 1210. The first kappa shape index (κ1) is 22.4. The maximum absolute atomic E-state index is 13.2. The highest BCUT2D eigenvalue weighted by Crippen LogP contribution is 2.25. The molecule has 0 bridgehead atoms. The molecule has 0 spiro atoms. The van der Waals surface area contributed by atoms with E-state index in [0.29, 0.717) is 35.7 Å². The molecule has 1 N–H and O–H groups in total. The van der Waals surface area contributed by atoms with E-state index >= 15 is 0 Å². The van der Waals surface area contributed by atoms with Crippen LogP contribution in [0.3, 0.4) is 0 Å². The van der Waals surface area contributed by atoms with Gasteiger partial charge < -0.3 is 5.32 Å². The highest BCUT2D eigenvalue weighted by atomic mass is 35.5. The molecule has 0 radical (unpaired) electrons. The molecule has 1 saturated heterocycles. The number of nitrogens with one attached hydrogen (secondary N) is 1. The zero-order valence-corrected chi connectivity index (χ0v) is 18.7. The van der Waals surface area contributed by atoms with Crippen LogP contribution in [-0.2, 0) is 21.4 Å². The highest BCUT2D eigenvalue weighted by molar-refractivity contribution is 7.89. The second-order valence-electron chi connectivity index (χ2n) is 7.64. The molecule has 10 heteroatoms. The summed E-state index contributed by atoms with van der Waals surface area (Å²) < 4.78 is 41.7. The molecule has 0 unspecified atom stereocenters. The quantitative estimate of drug-likeness (QED) is 0.587. The largest absolute Gasteiger partial charge is 0.323 e. The number of rotatable bonds is 6. The van der Waals surface area contributed by atoms with Crippen LogP contribution >= 0.6 is 11.6 Å². The van der Waals surface area contributed by atoms with Crippen molar-refractivity contribution in [2.75, 3.05) is 18.4 Å². The third-order valence-corrected chi connectivity index (χ3v) is 7.72. The van der Waals surface area contributed by atoms with Crippen LogP contribution in [0.4, 0.5) is 10.1 Å². The van der Waals surface area contributed by atoms with Crippen molar-refractivity contribution in [3.8, 4) is 0 Å². The van der Waals surface area contributed by atoms with Gasteiger partial charge in [0.25, 0.3) is 0 Å². The van der Waals surface area contributed by atoms with Gasteiger partial charge in [0.2, 0.25) is 15.9 Å². The zero-order chi connectivity index (χ0) is 22.7. The molecule has 0 aliphatic carbocycles. The van der Waals surface area contributed by atoms with E-state index in [1.54, 1.807) is 47.3 Å². The Balaban J connectivity index is 1.33. The number of amides is 1. The summed E-state index contributed by atoms with van der Waals surface area (Å²) in [4.78, 5) is 12.9. The molecule has 1 aliphatic rings. The topological polar surface area (TPSA) is 84.3 Å². The first-order valence-electron chi connectivity index (χ1n) is 10.2. The molecular weight excluding hydrogens is 455 g/mol. The van der Waals surface area contributed by atoms with Crippen molar-refractivity contribution in [2.24, 2.45) is 5.92 Å².